The maximum atomic E-state index is 13.1. The van der Waals surface area contributed by atoms with E-state index in [-0.39, 0.29) is 11.5 Å². The number of hydrogen-bond acceptors (Lipinski definition) is 3. The third kappa shape index (κ3) is 7.07. The van der Waals surface area contributed by atoms with Crippen LogP contribution in [0.25, 0.3) is 12.2 Å². The molecule has 0 fully saturated rings. The topological polar surface area (TPSA) is 75.3 Å². The van der Waals surface area contributed by atoms with Crippen LogP contribution in [-0.2, 0) is 4.79 Å². The van der Waals surface area contributed by atoms with E-state index >= 15 is 0 Å². The molecule has 4 aromatic carbocycles. The van der Waals surface area contributed by atoms with Crippen molar-refractivity contribution >= 4 is 58.6 Å². The molecule has 4 aromatic rings. The lowest BCUT2D eigenvalue weighted by Gasteiger charge is -2.12. The third-order valence-corrected chi connectivity index (χ3v) is 6.13. The average molecular weight is 541 g/mol. The molecule has 0 bridgehead atoms. The quantitative estimate of drug-likeness (QED) is 0.182. The Bertz CT molecular complexity index is 1490. The van der Waals surface area contributed by atoms with Gasteiger partial charge in [0.25, 0.3) is 11.8 Å². The number of nitrogens with one attached hydrogen (secondary N) is 2. The van der Waals surface area contributed by atoms with Crippen molar-refractivity contribution in [1.29, 1.82) is 0 Å². The molecule has 0 saturated carbocycles. The van der Waals surface area contributed by atoms with Gasteiger partial charge in [0.05, 0.1) is 0 Å². The highest BCUT2D eigenvalue weighted by Gasteiger charge is 2.15. The van der Waals surface area contributed by atoms with Crippen LogP contribution in [0.5, 0.6) is 0 Å². The van der Waals surface area contributed by atoms with E-state index in [1.54, 1.807) is 84.9 Å². The molecule has 0 unspecified atom stereocenters. The van der Waals surface area contributed by atoms with E-state index in [9.17, 15) is 14.4 Å². The summed E-state index contributed by atoms with van der Waals surface area (Å²) >= 11 is 12.3. The third-order valence-electron chi connectivity index (χ3n) is 5.47. The Kier molecular flexibility index (Phi) is 8.88. The molecule has 0 saturated heterocycles. The summed E-state index contributed by atoms with van der Waals surface area (Å²) in [7, 11) is 0. The Morgan fingerprint density at radius 3 is 1.89 bits per heavy atom. The molecule has 0 radical (unpaired) electrons. The molecule has 38 heavy (non-hydrogen) atoms. The Morgan fingerprint density at radius 2 is 1.26 bits per heavy atom. The zero-order chi connectivity index (χ0) is 26.9. The number of rotatable bonds is 8. The molecule has 0 aliphatic carbocycles. The molecule has 5 nitrogen and oxygen atoms in total. The summed E-state index contributed by atoms with van der Waals surface area (Å²) in [6.45, 7) is 0. The van der Waals surface area contributed by atoms with Gasteiger partial charge in [0.15, 0.2) is 5.78 Å². The molecule has 2 N–H and O–H groups in total. The Hall–Kier alpha value is -4.45. The van der Waals surface area contributed by atoms with Gasteiger partial charge in [-0.05, 0) is 72.3 Å². The highest BCUT2D eigenvalue weighted by Crippen LogP contribution is 2.25. The summed E-state index contributed by atoms with van der Waals surface area (Å²) in [5.74, 6) is -1.17. The second kappa shape index (κ2) is 12.7. The van der Waals surface area contributed by atoms with Crippen molar-refractivity contribution < 1.29 is 14.4 Å². The van der Waals surface area contributed by atoms with Gasteiger partial charge in [-0.3, -0.25) is 14.4 Å². The standard InChI is InChI=1S/C31H22Cl2N2O3/c32-26-12-7-13-27(33)25(26)18-19-29(36)22-14-16-24(17-15-22)34-31(38)28(20-21-8-3-1-4-9-21)35-30(37)23-10-5-2-6-11-23/h1-20H,(H,34,38)(H,35,37)/b19-18+,28-20-. The lowest BCUT2D eigenvalue weighted by molar-refractivity contribution is -0.113. The van der Waals surface area contributed by atoms with Crippen molar-refractivity contribution in [3.05, 3.63) is 147 Å². The SMILES string of the molecule is O=C(Nc1ccc(C(=O)/C=C/c2c(Cl)cccc2Cl)cc1)/C(=C/c1ccccc1)NC(=O)c1ccccc1. The van der Waals surface area contributed by atoms with Gasteiger partial charge in [0.2, 0.25) is 0 Å². The van der Waals surface area contributed by atoms with Crippen LogP contribution in [0.2, 0.25) is 10.0 Å². The molecule has 188 valence electrons. The van der Waals surface area contributed by atoms with Crippen molar-refractivity contribution in [2.75, 3.05) is 5.32 Å². The maximum Gasteiger partial charge on any atom is 0.272 e. The van der Waals surface area contributed by atoms with Gasteiger partial charge in [-0.1, -0.05) is 77.8 Å². The summed E-state index contributed by atoms with van der Waals surface area (Å²) in [6.07, 6.45) is 4.55. The molecule has 0 aliphatic heterocycles. The summed E-state index contributed by atoms with van der Waals surface area (Å²) in [5, 5.41) is 6.36. The molecular formula is C31H22Cl2N2O3. The van der Waals surface area contributed by atoms with Crippen LogP contribution >= 0.6 is 23.2 Å². The zero-order valence-electron chi connectivity index (χ0n) is 20.0. The first-order valence-electron chi connectivity index (χ1n) is 11.6. The molecule has 0 aromatic heterocycles. The van der Waals surface area contributed by atoms with E-state index in [1.807, 2.05) is 30.3 Å². The van der Waals surface area contributed by atoms with E-state index in [0.717, 1.165) is 5.56 Å². The minimum atomic E-state index is -0.509. The van der Waals surface area contributed by atoms with E-state index in [1.165, 1.54) is 6.08 Å². The predicted octanol–water partition coefficient (Wildman–Crippen LogP) is 7.30. The number of amides is 2. The smallest absolute Gasteiger partial charge is 0.272 e. The predicted molar refractivity (Wildman–Crippen MR) is 153 cm³/mol. The molecule has 2 amide bonds. The fourth-order valence-electron chi connectivity index (χ4n) is 3.50. The van der Waals surface area contributed by atoms with Gasteiger partial charge in [-0.15, -0.1) is 0 Å². The van der Waals surface area contributed by atoms with Crippen LogP contribution in [0.15, 0.2) is 115 Å². The lowest BCUT2D eigenvalue weighted by Crippen LogP contribution is -2.30. The number of carbonyl (C=O) groups is 3. The Balaban J connectivity index is 1.49. The molecule has 7 heteroatoms. The van der Waals surface area contributed by atoms with Crippen LogP contribution < -0.4 is 10.6 Å². The van der Waals surface area contributed by atoms with Crippen LogP contribution in [0.4, 0.5) is 5.69 Å². The molecular weight excluding hydrogens is 519 g/mol. The number of carbonyl (C=O) groups excluding carboxylic acids is 3. The number of allylic oxidation sites excluding steroid dienone is 1. The highest BCUT2D eigenvalue weighted by atomic mass is 35.5. The van der Waals surface area contributed by atoms with Gasteiger partial charge in [-0.25, -0.2) is 0 Å². The second-order valence-electron chi connectivity index (χ2n) is 8.15. The van der Waals surface area contributed by atoms with E-state index in [0.29, 0.717) is 32.4 Å². The van der Waals surface area contributed by atoms with Crippen LogP contribution in [0.3, 0.4) is 0 Å². The van der Waals surface area contributed by atoms with Crippen molar-refractivity contribution in [1.82, 2.24) is 5.32 Å². The first kappa shape index (κ1) is 26.6. The number of halogens is 2. The van der Waals surface area contributed by atoms with E-state index in [2.05, 4.69) is 10.6 Å². The lowest BCUT2D eigenvalue weighted by atomic mass is 10.1. The van der Waals surface area contributed by atoms with Gasteiger partial charge in [0.1, 0.15) is 5.70 Å². The first-order valence-corrected chi connectivity index (χ1v) is 12.4. The van der Waals surface area contributed by atoms with Crippen LogP contribution in [0.1, 0.15) is 31.8 Å². The minimum Gasteiger partial charge on any atom is -0.321 e. The van der Waals surface area contributed by atoms with Gasteiger partial charge in [-0.2, -0.15) is 0 Å². The molecule has 0 spiro atoms. The van der Waals surface area contributed by atoms with Crippen molar-refractivity contribution in [2.45, 2.75) is 0 Å². The number of benzene rings is 4. The summed E-state index contributed by atoms with van der Waals surface area (Å²) in [4.78, 5) is 38.5. The summed E-state index contributed by atoms with van der Waals surface area (Å²) in [6, 6.07) is 29.3. The largest absolute Gasteiger partial charge is 0.321 e. The van der Waals surface area contributed by atoms with Gasteiger partial charge >= 0.3 is 0 Å². The highest BCUT2D eigenvalue weighted by molar-refractivity contribution is 6.37. The molecule has 0 aliphatic rings. The minimum absolute atomic E-state index is 0.0738. The van der Waals surface area contributed by atoms with Crippen LogP contribution in [-0.4, -0.2) is 17.6 Å². The Morgan fingerprint density at radius 1 is 0.658 bits per heavy atom. The van der Waals surface area contributed by atoms with Crippen molar-refractivity contribution in [3.63, 3.8) is 0 Å². The monoisotopic (exact) mass is 540 g/mol. The number of ketones is 1. The van der Waals surface area contributed by atoms with Gasteiger partial charge < -0.3 is 10.6 Å². The number of hydrogen-bond donors (Lipinski definition) is 2. The number of anilines is 1. The molecule has 0 heterocycles. The second-order valence-corrected chi connectivity index (χ2v) is 8.97. The van der Waals surface area contributed by atoms with Crippen molar-refractivity contribution in [2.24, 2.45) is 0 Å². The van der Waals surface area contributed by atoms with Crippen molar-refractivity contribution in [3.8, 4) is 0 Å². The maximum absolute atomic E-state index is 13.1. The normalized spacial score (nSPS) is 11.3. The molecule has 4 rings (SSSR count). The van der Waals surface area contributed by atoms with E-state index < -0.39 is 11.8 Å². The fourth-order valence-corrected chi connectivity index (χ4v) is 4.02. The summed E-state index contributed by atoms with van der Waals surface area (Å²) < 4.78 is 0. The fraction of sp³-hybridized carbons (Fsp3) is 0. The van der Waals surface area contributed by atoms with Gasteiger partial charge in [0, 0.05) is 32.4 Å². The average Bonchev–Trinajstić information content (AvgIpc) is 2.93. The Labute approximate surface area is 230 Å². The zero-order valence-corrected chi connectivity index (χ0v) is 21.5. The van der Waals surface area contributed by atoms with E-state index in [4.69, 9.17) is 23.2 Å². The summed E-state index contributed by atoms with van der Waals surface area (Å²) in [5.41, 5.74) is 2.68. The van der Waals surface area contributed by atoms with Crippen LogP contribution in [0, 0.1) is 0 Å². The molecule has 0 atom stereocenters. The first-order chi connectivity index (χ1) is 18.4.